The van der Waals surface area contributed by atoms with Gasteiger partial charge in [-0.25, -0.2) is 0 Å². The number of pyridine rings is 1. The molecule has 1 aliphatic rings. The Balaban J connectivity index is 1.55. The molecule has 0 radical (unpaired) electrons. The van der Waals surface area contributed by atoms with E-state index < -0.39 is 5.72 Å². The van der Waals surface area contributed by atoms with Gasteiger partial charge in [0.1, 0.15) is 0 Å². The number of benzene rings is 1. The molecule has 1 N–H and O–H groups in total. The maximum atomic E-state index is 13.0. The monoisotopic (exact) mass is 394 g/mol. The first-order valence-electron chi connectivity index (χ1n) is 11.2. The first-order chi connectivity index (χ1) is 14.2. The molecular weight excluding hydrogens is 360 g/mol. The summed E-state index contributed by atoms with van der Waals surface area (Å²) in [4.78, 5) is 18.7. The van der Waals surface area contributed by atoms with Crippen LogP contribution in [0.25, 0.3) is 0 Å². The molecule has 0 bridgehead atoms. The minimum Gasteiger partial charge on any atom is -0.363 e. The zero-order valence-corrected chi connectivity index (χ0v) is 17.6. The Hall–Kier alpha value is -2.20. The Morgan fingerprint density at radius 1 is 0.897 bits per heavy atom. The summed E-state index contributed by atoms with van der Waals surface area (Å²) in [6.07, 6.45) is 15.6. The van der Waals surface area contributed by atoms with Gasteiger partial charge in [0.2, 0.25) is 0 Å². The normalized spacial score (nSPS) is 18.3. The molecule has 2 aromatic rings. The number of aliphatic hydroxyl groups is 1. The van der Waals surface area contributed by atoms with Crippen LogP contribution in [0.1, 0.15) is 92.6 Å². The van der Waals surface area contributed by atoms with Crippen LogP contribution in [0.3, 0.4) is 0 Å². The van der Waals surface area contributed by atoms with Gasteiger partial charge in [-0.1, -0.05) is 95.0 Å². The molecular formula is C25H34N2O2. The highest BCUT2D eigenvalue weighted by Gasteiger charge is 2.49. The van der Waals surface area contributed by atoms with Gasteiger partial charge in [-0.15, -0.1) is 0 Å². The maximum Gasteiger partial charge on any atom is 0.258 e. The van der Waals surface area contributed by atoms with Gasteiger partial charge in [0.05, 0.1) is 5.56 Å². The van der Waals surface area contributed by atoms with Crippen molar-refractivity contribution in [2.75, 3.05) is 6.54 Å². The Morgan fingerprint density at radius 2 is 1.52 bits per heavy atom. The summed E-state index contributed by atoms with van der Waals surface area (Å²) in [7, 11) is 0. The molecule has 4 nitrogen and oxygen atoms in total. The van der Waals surface area contributed by atoms with Crippen molar-refractivity contribution in [1.82, 2.24) is 9.88 Å². The fourth-order valence-electron chi connectivity index (χ4n) is 4.31. The number of fused-ring (bicyclic) bond motifs is 1. The number of amides is 1. The molecule has 0 saturated heterocycles. The van der Waals surface area contributed by atoms with Crippen LogP contribution in [0.5, 0.6) is 0 Å². The molecule has 1 unspecified atom stereocenters. The summed E-state index contributed by atoms with van der Waals surface area (Å²) >= 11 is 0. The summed E-state index contributed by atoms with van der Waals surface area (Å²) in [5, 5.41) is 11.7. The second kappa shape index (κ2) is 10.5. The number of hydrogen-bond acceptors (Lipinski definition) is 3. The minimum atomic E-state index is -1.41. The fourth-order valence-corrected chi connectivity index (χ4v) is 4.31. The summed E-state index contributed by atoms with van der Waals surface area (Å²) < 4.78 is 0. The Morgan fingerprint density at radius 3 is 2.17 bits per heavy atom. The van der Waals surface area contributed by atoms with E-state index in [9.17, 15) is 9.90 Å². The average Bonchev–Trinajstić information content (AvgIpc) is 2.98. The lowest BCUT2D eigenvalue weighted by Gasteiger charge is -2.35. The highest BCUT2D eigenvalue weighted by molar-refractivity contribution is 6.00. The molecule has 156 valence electrons. The number of carbonyl (C=O) groups excluding carboxylic acids is 1. The summed E-state index contributed by atoms with van der Waals surface area (Å²) in [6.45, 7) is 2.80. The molecule has 0 spiro atoms. The van der Waals surface area contributed by atoms with Gasteiger partial charge in [0.15, 0.2) is 5.72 Å². The van der Waals surface area contributed by atoms with Gasteiger partial charge in [-0.2, -0.15) is 0 Å². The van der Waals surface area contributed by atoms with Crippen LogP contribution >= 0.6 is 0 Å². The largest absolute Gasteiger partial charge is 0.363 e. The van der Waals surface area contributed by atoms with E-state index in [0.717, 1.165) is 18.4 Å². The molecule has 0 fully saturated rings. The third-order valence-electron chi connectivity index (χ3n) is 5.97. The van der Waals surface area contributed by atoms with Crippen LogP contribution in [-0.2, 0) is 5.72 Å². The number of rotatable bonds is 12. The zero-order chi connectivity index (χ0) is 20.5. The number of nitrogens with zero attached hydrogens (tertiary/aromatic N) is 2. The van der Waals surface area contributed by atoms with Crippen molar-refractivity contribution in [2.24, 2.45) is 0 Å². The Kier molecular flexibility index (Phi) is 7.82. The van der Waals surface area contributed by atoms with Gasteiger partial charge >= 0.3 is 0 Å². The maximum absolute atomic E-state index is 13.0. The van der Waals surface area contributed by atoms with Crippen molar-refractivity contribution in [3.8, 4) is 0 Å². The van der Waals surface area contributed by atoms with E-state index in [1.165, 1.54) is 51.4 Å². The molecule has 1 aliphatic heterocycles. The highest BCUT2D eigenvalue weighted by Crippen LogP contribution is 2.41. The van der Waals surface area contributed by atoms with E-state index in [-0.39, 0.29) is 5.91 Å². The molecule has 2 heterocycles. The number of carbonyl (C=O) groups is 1. The Labute approximate surface area is 175 Å². The quantitative estimate of drug-likeness (QED) is 0.473. The van der Waals surface area contributed by atoms with E-state index in [0.29, 0.717) is 17.7 Å². The smallest absolute Gasteiger partial charge is 0.258 e. The molecule has 1 amide bonds. The Bertz CT molecular complexity index is 777. The second-order valence-corrected chi connectivity index (χ2v) is 8.10. The van der Waals surface area contributed by atoms with Gasteiger partial charge in [-0.05, 0) is 12.5 Å². The molecule has 1 aromatic carbocycles. The molecule has 4 heteroatoms. The predicted octanol–water partition coefficient (Wildman–Crippen LogP) is 5.65. The lowest BCUT2D eigenvalue weighted by molar-refractivity contribution is -0.0505. The van der Waals surface area contributed by atoms with Gasteiger partial charge in [0.25, 0.3) is 5.91 Å². The van der Waals surface area contributed by atoms with Gasteiger partial charge in [0, 0.05) is 30.1 Å². The van der Waals surface area contributed by atoms with Crippen molar-refractivity contribution >= 4 is 5.91 Å². The average molecular weight is 395 g/mol. The number of unbranched alkanes of at least 4 members (excludes halogenated alkanes) is 9. The predicted molar refractivity (Wildman–Crippen MR) is 117 cm³/mol. The van der Waals surface area contributed by atoms with E-state index in [2.05, 4.69) is 11.9 Å². The van der Waals surface area contributed by atoms with Crippen LogP contribution in [0.2, 0.25) is 0 Å². The first kappa shape index (κ1) is 21.5. The minimum absolute atomic E-state index is 0.129. The third-order valence-corrected chi connectivity index (χ3v) is 5.97. The van der Waals surface area contributed by atoms with E-state index >= 15 is 0 Å². The van der Waals surface area contributed by atoms with Crippen molar-refractivity contribution in [3.05, 3.63) is 65.5 Å². The van der Waals surface area contributed by atoms with Crippen LogP contribution in [0, 0.1) is 0 Å². The number of aromatic nitrogens is 1. The van der Waals surface area contributed by atoms with Crippen LogP contribution < -0.4 is 0 Å². The zero-order valence-electron chi connectivity index (χ0n) is 17.6. The summed E-state index contributed by atoms with van der Waals surface area (Å²) in [5.41, 5.74) is 0.461. The second-order valence-electron chi connectivity index (χ2n) is 8.10. The lowest BCUT2D eigenvalue weighted by Crippen LogP contribution is -2.45. The van der Waals surface area contributed by atoms with Gasteiger partial charge < -0.3 is 10.0 Å². The summed E-state index contributed by atoms with van der Waals surface area (Å²) in [6, 6.07) is 11.2. The molecule has 0 aliphatic carbocycles. The molecule has 1 atom stereocenters. The SMILES string of the molecule is CCCCCCCCCCCCN1C(=O)c2cnccc2C1(O)c1ccccc1. The summed E-state index contributed by atoms with van der Waals surface area (Å²) in [5.74, 6) is -0.129. The van der Waals surface area contributed by atoms with Crippen molar-refractivity contribution < 1.29 is 9.90 Å². The molecule has 0 saturated carbocycles. The number of hydrogen-bond donors (Lipinski definition) is 1. The fraction of sp³-hybridized carbons (Fsp3) is 0.520. The van der Waals surface area contributed by atoms with Crippen LogP contribution in [0.15, 0.2) is 48.8 Å². The third kappa shape index (κ3) is 4.87. The lowest BCUT2D eigenvalue weighted by atomic mass is 9.94. The van der Waals surface area contributed by atoms with Crippen molar-refractivity contribution in [1.29, 1.82) is 0 Å². The van der Waals surface area contributed by atoms with Crippen LogP contribution in [0.4, 0.5) is 0 Å². The molecule has 3 rings (SSSR count). The van der Waals surface area contributed by atoms with Crippen molar-refractivity contribution in [3.63, 3.8) is 0 Å². The van der Waals surface area contributed by atoms with Crippen LogP contribution in [-0.4, -0.2) is 27.4 Å². The molecule has 1 aromatic heterocycles. The van der Waals surface area contributed by atoms with E-state index in [1.807, 2.05) is 30.3 Å². The first-order valence-corrected chi connectivity index (χ1v) is 11.2. The van der Waals surface area contributed by atoms with E-state index in [4.69, 9.17) is 0 Å². The van der Waals surface area contributed by atoms with Gasteiger partial charge in [-0.3, -0.25) is 9.78 Å². The standard InChI is InChI=1S/C25H34N2O2/c1-2-3-4-5-6-7-8-9-10-14-19-27-24(28)22-20-26-18-17-23(22)25(27,29)21-15-12-11-13-16-21/h11-13,15-18,20,29H,2-10,14,19H2,1H3. The van der Waals surface area contributed by atoms with E-state index in [1.54, 1.807) is 23.4 Å². The van der Waals surface area contributed by atoms with Crippen molar-refractivity contribution in [2.45, 2.75) is 76.9 Å². The topological polar surface area (TPSA) is 53.4 Å². The highest BCUT2D eigenvalue weighted by atomic mass is 16.3. The molecule has 29 heavy (non-hydrogen) atoms.